The number of likely N-dealkylation sites (tertiary alicyclic amines) is 1. The van der Waals surface area contributed by atoms with E-state index < -0.39 is 0 Å². The number of amides is 2. The molecular formula is C24H35N3O3. The van der Waals surface area contributed by atoms with Crippen LogP contribution >= 0.6 is 0 Å². The summed E-state index contributed by atoms with van der Waals surface area (Å²) in [5, 5.41) is 0. The number of aldehydes is 1. The summed E-state index contributed by atoms with van der Waals surface area (Å²) in [5.74, 6) is 1.99. The van der Waals surface area contributed by atoms with Crippen LogP contribution in [0.15, 0.2) is 24.3 Å². The fourth-order valence-electron chi connectivity index (χ4n) is 4.80. The van der Waals surface area contributed by atoms with E-state index in [9.17, 15) is 14.4 Å². The molecule has 0 radical (unpaired) electrons. The molecule has 0 spiro atoms. The van der Waals surface area contributed by atoms with Gasteiger partial charge in [-0.05, 0) is 61.8 Å². The van der Waals surface area contributed by atoms with Crippen molar-refractivity contribution in [3.8, 4) is 0 Å². The Morgan fingerprint density at radius 2 is 1.67 bits per heavy atom. The van der Waals surface area contributed by atoms with Gasteiger partial charge in [0.15, 0.2) is 0 Å². The number of carbonyl (C=O) groups is 3. The third-order valence-corrected chi connectivity index (χ3v) is 6.79. The van der Waals surface area contributed by atoms with Gasteiger partial charge in [-0.2, -0.15) is 0 Å². The van der Waals surface area contributed by atoms with Crippen LogP contribution in [0.2, 0.25) is 0 Å². The number of unbranched alkanes of at least 4 members (excludes halogenated alkanes) is 1. The Bertz CT molecular complexity index is 722. The van der Waals surface area contributed by atoms with E-state index in [4.69, 9.17) is 0 Å². The van der Waals surface area contributed by atoms with Crippen molar-refractivity contribution < 1.29 is 14.4 Å². The molecule has 2 aliphatic rings. The van der Waals surface area contributed by atoms with Crippen LogP contribution in [0.5, 0.6) is 0 Å². The Morgan fingerprint density at radius 1 is 1.00 bits per heavy atom. The lowest BCUT2D eigenvalue weighted by atomic mass is 10.0. The van der Waals surface area contributed by atoms with Gasteiger partial charge in [0.1, 0.15) is 6.29 Å². The van der Waals surface area contributed by atoms with Crippen molar-refractivity contribution in [1.82, 2.24) is 9.80 Å². The number of rotatable bonds is 10. The van der Waals surface area contributed by atoms with Crippen LogP contribution in [0, 0.1) is 11.8 Å². The summed E-state index contributed by atoms with van der Waals surface area (Å²) >= 11 is 0. The molecule has 1 saturated heterocycles. The average molecular weight is 414 g/mol. The van der Waals surface area contributed by atoms with Gasteiger partial charge in [0.25, 0.3) is 0 Å². The monoisotopic (exact) mass is 413 g/mol. The van der Waals surface area contributed by atoms with Crippen LogP contribution in [0.1, 0.15) is 55.3 Å². The second-order valence-corrected chi connectivity index (χ2v) is 8.90. The van der Waals surface area contributed by atoms with Crippen molar-refractivity contribution >= 4 is 23.8 Å². The third-order valence-electron chi connectivity index (χ3n) is 6.79. The molecule has 164 valence electrons. The highest BCUT2D eigenvalue weighted by Crippen LogP contribution is 2.37. The molecule has 1 saturated carbocycles. The lowest BCUT2D eigenvalue weighted by Crippen LogP contribution is -2.32. The van der Waals surface area contributed by atoms with Gasteiger partial charge in [-0.25, -0.2) is 0 Å². The molecule has 0 aromatic heterocycles. The predicted molar refractivity (Wildman–Crippen MR) is 119 cm³/mol. The van der Waals surface area contributed by atoms with Crippen LogP contribution in [0.25, 0.3) is 0 Å². The van der Waals surface area contributed by atoms with Crippen LogP contribution in [-0.4, -0.2) is 68.2 Å². The van der Waals surface area contributed by atoms with E-state index in [1.54, 1.807) is 36.2 Å². The fourth-order valence-corrected chi connectivity index (χ4v) is 4.80. The lowest BCUT2D eigenvalue weighted by Gasteiger charge is -2.21. The van der Waals surface area contributed by atoms with Gasteiger partial charge in [0.05, 0.1) is 0 Å². The molecule has 0 N–H and O–H groups in total. The summed E-state index contributed by atoms with van der Waals surface area (Å²) in [6.07, 6.45) is 7.52. The van der Waals surface area contributed by atoms with Crippen molar-refractivity contribution in [3.63, 3.8) is 0 Å². The molecule has 6 heteroatoms. The van der Waals surface area contributed by atoms with E-state index in [1.165, 1.54) is 32.4 Å². The first-order chi connectivity index (χ1) is 14.5. The molecule has 0 bridgehead atoms. The average Bonchev–Trinajstić information content (AvgIpc) is 3.36. The van der Waals surface area contributed by atoms with Gasteiger partial charge in [0, 0.05) is 64.4 Å². The highest BCUT2D eigenvalue weighted by atomic mass is 16.2. The van der Waals surface area contributed by atoms with Crippen molar-refractivity contribution in [1.29, 1.82) is 0 Å². The first-order valence-corrected chi connectivity index (χ1v) is 11.3. The van der Waals surface area contributed by atoms with Gasteiger partial charge in [-0.3, -0.25) is 14.4 Å². The standard InChI is InChI=1S/C24H35N3O3/c1-25(23(29)13-15-27-16-20-6-5-7-21(20)17-27)14-4-3-8-24(30)26(2)22-11-9-19(18-28)10-12-22/h9-12,18,20-21H,3-8,13-17H2,1-2H3/t20-,21?/m0/s1. The zero-order valence-corrected chi connectivity index (χ0v) is 18.4. The number of carbonyl (C=O) groups excluding carboxylic acids is 3. The molecule has 2 atom stereocenters. The number of hydrogen-bond donors (Lipinski definition) is 0. The third kappa shape index (κ3) is 5.91. The molecule has 1 aromatic carbocycles. The summed E-state index contributed by atoms with van der Waals surface area (Å²) < 4.78 is 0. The zero-order chi connectivity index (χ0) is 21.5. The molecule has 1 unspecified atom stereocenters. The smallest absolute Gasteiger partial charge is 0.226 e. The van der Waals surface area contributed by atoms with Gasteiger partial charge in [-0.1, -0.05) is 6.42 Å². The van der Waals surface area contributed by atoms with Crippen LogP contribution in [0.3, 0.4) is 0 Å². The molecular weight excluding hydrogens is 378 g/mol. The van der Waals surface area contributed by atoms with Crippen molar-refractivity contribution in [3.05, 3.63) is 29.8 Å². The minimum atomic E-state index is 0.0439. The van der Waals surface area contributed by atoms with Crippen LogP contribution < -0.4 is 4.90 Å². The Hall–Kier alpha value is -2.21. The minimum absolute atomic E-state index is 0.0439. The van der Waals surface area contributed by atoms with E-state index in [0.29, 0.717) is 24.9 Å². The SMILES string of the molecule is CN(CCCCC(=O)N(C)c1ccc(C=O)cc1)C(=O)CCN1CC2CCC[C@H]2C1. The molecule has 6 nitrogen and oxygen atoms in total. The molecule has 1 aliphatic carbocycles. The lowest BCUT2D eigenvalue weighted by molar-refractivity contribution is -0.130. The second kappa shape index (κ2) is 10.7. The zero-order valence-electron chi connectivity index (χ0n) is 18.4. The summed E-state index contributed by atoms with van der Waals surface area (Å²) in [6, 6.07) is 6.98. The van der Waals surface area contributed by atoms with Crippen molar-refractivity contribution in [2.24, 2.45) is 11.8 Å². The summed E-state index contributed by atoms with van der Waals surface area (Å²) in [4.78, 5) is 41.4. The van der Waals surface area contributed by atoms with Gasteiger partial charge in [0.2, 0.25) is 11.8 Å². The summed E-state index contributed by atoms with van der Waals surface area (Å²) in [5.41, 5.74) is 1.38. The maximum Gasteiger partial charge on any atom is 0.226 e. The number of nitrogens with zero attached hydrogens (tertiary/aromatic N) is 3. The van der Waals surface area contributed by atoms with Gasteiger partial charge < -0.3 is 14.7 Å². The minimum Gasteiger partial charge on any atom is -0.346 e. The fraction of sp³-hybridized carbons (Fsp3) is 0.625. The van der Waals surface area contributed by atoms with E-state index in [0.717, 1.165) is 43.2 Å². The number of hydrogen-bond acceptors (Lipinski definition) is 4. The maximum absolute atomic E-state index is 12.4. The normalized spacial score (nSPS) is 20.7. The first kappa shape index (κ1) is 22.5. The molecule has 2 fully saturated rings. The Labute approximate surface area is 180 Å². The van der Waals surface area contributed by atoms with Crippen molar-refractivity contribution in [2.45, 2.75) is 44.9 Å². The highest BCUT2D eigenvalue weighted by Gasteiger charge is 2.35. The number of benzene rings is 1. The largest absolute Gasteiger partial charge is 0.346 e. The van der Waals surface area contributed by atoms with E-state index in [-0.39, 0.29) is 11.8 Å². The highest BCUT2D eigenvalue weighted by molar-refractivity contribution is 5.93. The van der Waals surface area contributed by atoms with Gasteiger partial charge in [-0.15, -0.1) is 0 Å². The topological polar surface area (TPSA) is 60.9 Å². The number of anilines is 1. The van der Waals surface area contributed by atoms with Crippen molar-refractivity contribution in [2.75, 3.05) is 45.2 Å². The quantitative estimate of drug-likeness (QED) is 0.437. The molecule has 1 aliphatic heterocycles. The molecule has 1 aromatic rings. The Morgan fingerprint density at radius 3 is 2.30 bits per heavy atom. The molecule has 30 heavy (non-hydrogen) atoms. The maximum atomic E-state index is 12.4. The molecule has 3 rings (SSSR count). The van der Waals surface area contributed by atoms with E-state index in [1.807, 2.05) is 11.9 Å². The summed E-state index contributed by atoms with van der Waals surface area (Å²) in [7, 11) is 3.62. The molecule has 2 amide bonds. The first-order valence-electron chi connectivity index (χ1n) is 11.3. The van der Waals surface area contributed by atoms with Crippen LogP contribution in [0.4, 0.5) is 5.69 Å². The second-order valence-electron chi connectivity index (χ2n) is 8.90. The number of fused-ring (bicyclic) bond motifs is 1. The van der Waals surface area contributed by atoms with E-state index >= 15 is 0 Å². The summed E-state index contributed by atoms with van der Waals surface area (Å²) in [6.45, 7) is 3.92. The van der Waals surface area contributed by atoms with Crippen LogP contribution in [-0.2, 0) is 9.59 Å². The predicted octanol–water partition coefficient (Wildman–Crippen LogP) is 3.21. The molecule has 1 heterocycles. The Kier molecular flexibility index (Phi) is 8.02. The Balaban J connectivity index is 1.29. The van der Waals surface area contributed by atoms with E-state index in [2.05, 4.69) is 4.90 Å². The van der Waals surface area contributed by atoms with Gasteiger partial charge >= 0.3 is 0 Å².